The SMILES string of the molecule is COc1ccccc1NS(=O)(=O)c1ccc(C(=O)N2CCN(c3ncccn3)CC2)cc1. The molecular formula is C22H23N5O4S. The molecule has 9 nitrogen and oxygen atoms in total. The summed E-state index contributed by atoms with van der Waals surface area (Å²) in [6.45, 7) is 2.33. The lowest BCUT2D eigenvalue weighted by molar-refractivity contribution is 0.0746. The number of carbonyl (C=O) groups excluding carboxylic acids is 1. The number of rotatable bonds is 6. The monoisotopic (exact) mass is 453 g/mol. The number of hydrogen-bond donors (Lipinski definition) is 1. The average molecular weight is 454 g/mol. The number of nitrogens with one attached hydrogen (secondary N) is 1. The van der Waals surface area contributed by atoms with Gasteiger partial charge < -0.3 is 14.5 Å². The fourth-order valence-electron chi connectivity index (χ4n) is 3.46. The predicted molar refractivity (Wildman–Crippen MR) is 120 cm³/mol. The third-order valence-electron chi connectivity index (χ3n) is 5.16. The number of nitrogens with zero attached hydrogens (tertiary/aromatic N) is 4. The van der Waals surface area contributed by atoms with Crippen LogP contribution in [0.1, 0.15) is 10.4 Å². The van der Waals surface area contributed by atoms with Crippen molar-refractivity contribution >= 4 is 27.6 Å². The van der Waals surface area contributed by atoms with Crippen LogP contribution in [-0.2, 0) is 10.0 Å². The smallest absolute Gasteiger partial charge is 0.262 e. The highest BCUT2D eigenvalue weighted by Crippen LogP contribution is 2.26. The van der Waals surface area contributed by atoms with Gasteiger partial charge in [-0.1, -0.05) is 12.1 Å². The molecular weight excluding hydrogens is 430 g/mol. The van der Waals surface area contributed by atoms with E-state index in [-0.39, 0.29) is 10.8 Å². The maximum atomic E-state index is 12.9. The summed E-state index contributed by atoms with van der Waals surface area (Å²) in [5, 5.41) is 0. The van der Waals surface area contributed by atoms with Gasteiger partial charge in [-0.05, 0) is 42.5 Å². The molecule has 2 heterocycles. The maximum absolute atomic E-state index is 12.9. The van der Waals surface area contributed by atoms with Crippen LogP contribution in [0.15, 0.2) is 71.9 Å². The molecule has 166 valence electrons. The van der Waals surface area contributed by atoms with Crippen molar-refractivity contribution in [2.45, 2.75) is 4.90 Å². The first-order chi connectivity index (χ1) is 15.5. The van der Waals surface area contributed by atoms with Crippen LogP contribution in [0.25, 0.3) is 0 Å². The minimum Gasteiger partial charge on any atom is -0.495 e. The fourth-order valence-corrected chi connectivity index (χ4v) is 4.53. The second-order valence-corrected chi connectivity index (χ2v) is 8.84. The number of para-hydroxylation sites is 2. The number of sulfonamides is 1. The summed E-state index contributed by atoms with van der Waals surface area (Å²) in [4.78, 5) is 25.2. The van der Waals surface area contributed by atoms with E-state index in [0.717, 1.165) is 0 Å². The molecule has 0 saturated carbocycles. The average Bonchev–Trinajstić information content (AvgIpc) is 2.84. The summed E-state index contributed by atoms with van der Waals surface area (Å²) in [5.74, 6) is 0.930. The van der Waals surface area contributed by atoms with E-state index < -0.39 is 10.0 Å². The molecule has 1 saturated heterocycles. The second-order valence-electron chi connectivity index (χ2n) is 7.16. The van der Waals surface area contributed by atoms with E-state index in [1.54, 1.807) is 47.6 Å². The molecule has 0 atom stereocenters. The molecule has 1 aliphatic heterocycles. The van der Waals surface area contributed by atoms with E-state index in [2.05, 4.69) is 14.7 Å². The van der Waals surface area contributed by atoms with Gasteiger partial charge in [0, 0.05) is 44.1 Å². The Kier molecular flexibility index (Phi) is 6.22. The van der Waals surface area contributed by atoms with Crippen molar-refractivity contribution in [2.75, 3.05) is 42.9 Å². The third kappa shape index (κ3) is 4.65. The number of ether oxygens (including phenoxy) is 1. The number of piperazine rings is 1. The van der Waals surface area contributed by atoms with Gasteiger partial charge in [0.05, 0.1) is 17.7 Å². The Morgan fingerprint density at radius 2 is 1.59 bits per heavy atom. The summed E-state index contributed by atoms with van der Waals surface area (Å²) < 4.78 is 33.2. The molecule has 32 heavy (non-hydrogen) atoms. The number of methoxy groups -OCH3 is 1. The van der Waals surface area contributed by atoms with Crippen molar-refractivity contribution in [1.82, 2.24) is 14.9 Å². The Bertz CT molecular complexity index is 1180. The van der Waals surface area contributed by atoms with Crippen molar-refractivity contribution in [1.29, 1.82) is 0 Å². The lowest BCUT2D eigenvalue weighted by Crippen LogP contribution is -2.49. The van der Waals surface area contributed by atoms with Crippen LogP contribution >= 0.6 is 0 Å². The molecule has 1 fully saturated rings. The number of hydrogen-bond acceptors (Lipinski definition) is 7. The van der Waals surface area contributed by atoms with E-state index in [9.17, 15) is 13.2 Å². The normalized spacial score (nSPS) is 14.2. The summed E-state index contributed by atoms with van der Waals surface area (Å²) in [7, 11) is -2.35. The lowest BCUT2D eigenvalue weighted by Gasteiger charge is -2.34. The van der Waals surface area contributed by atoms with Crippen molar-refractivity contribution in [3.63, 3.8) is 0 Å². The highest BCUT2D eigenvalue weighted by atomic mass is 32.2. The summed E-state index contributed by atoms with van der Waals surface area (Å²) >= 11 is 0. The van der Waals surface area contributed by atoms with E-state index in [4.69, 9.17) is 4.74 Å². The fraction of sp³-hybridized carbons (Fsp3) is 0.227. The second kappa shape index (κ2) is 9.23. The number of benzene rings is 2. The van der Waals surface area contributed by atoms with Gasteiger partial charge >= 0.3 is 0 Å². The van der Waals surface area contributed by atoms with Gasteiger partial charge in [0.2, 0.25) is 5.95 Å². The molecule has 0 unspecified atom stereocenters. The van der Waals surface area contributed by atoms with Crippen molar-refractivity contribution in [3.8, 4) is 5.75 Å². The topological polar surface area (TPSA) is 105 Å². The predicted octanol–water partition coefficient (Wildman–Crippen LogP) is 2.25. The van der Waals surface area contributed by atoms with Crippen LogP contribution in [0.4, 0.5) is 11.6 Å². The third-order valence-corrected chi connectivity index (χ3v) is 6.55. The van der Waals surface area contributed by atoms with Crippen LogP contribution < -0.4 is 14.4 Å². The molecule has 1 aliphatic rings. The molecule has 1 amide bonds. The quantitative estimate of drug-likeness (QED) is 0.610. The van der Waals surface area contributed by atoms with Crippen molar-refractivity contribution in [3.05, 3.63) is 72.6 Å². The lowest BCUT2D eigenvalue weighted by atomic mass is 10.2. The van der Waals surface area contributed by atoms with Gasteiger partial charge in [-0.15, -0.1) is 0 Å². The van der Waals surface area contributed by atoms with Crippen LogP contribution in [0.3, 0.4) is 0 Å². The Morgan fingerprint density at radius 1 is 0.938 bits per heavy atom. The number of aromatic nitrogens is 2. The van der Waals surface area contributed by atoms with Crippen LogP contribution in [0.2, 0.25) is 0 Å². The van der Waals surface area contributed by atoms with Gasteiger partial charge in [0.25, 0.3) is 15.9 Å². The zero-order valence-corrected chi connectivity index (χ0v) is 18.3. The zero-order valence-electron chi connectivity index (χ0n) is 17.5. The van der Waals surface area contributed by atoms with Crippen LogP contribution in [0, 0.1) is 0 Å². The largest absolute Gasteiger partial charge is 0.495 e. The van der Waals surface area contributed by atoms with E-state index in [1.165, 1.54) is 31.4 Å². The molecule has 0 bridgehead atoms. The molecule has 0 aliphatic carbocycles. The minimum atomic E-state index is -3.83. The molecule has 1 N–H and O–H groups in total. The first-order valence-corrected chi connectivity index (χ1v) is 11.5. The molecule has 1 aromatic heterocycles. The van der Waals surface area contributed by atoms with Gasteiger partial charge in [-0.25, -0.2) is 18.4 Å². The van der Waals surface area contributed by atoms with Crippen molar-refractivity contribution in [2.24, 2.45) is 0 Å². The van der Waals surface area contributed by atoms with Gasteiger partial charge in [0.15, 0.2) is 0 Å². The highest BCUT2D eigenvalue weighted by Gasteiger charge is 2.24. The molecule has 3 aromatic rings. The van der Waals surface area contributed by atoms with Crippen molar-refractivity contribution < 1.29 is 17.9 Å². The zero-order chi connectivity index (χ0) is 22.6. The first-order valence-electron chi connectivity index (χ1n) is 10.0. The van der Waals surface area contributed by atoms with Crippen LogP contribution in [-0.4, -0.2) is 62.5 Å². The van der Waals surface area contributed by atoms with E-state index >= 15 is 0 Å². The van der Waals surface area contributed by atoms with E-state index in [0.29, 0.717) is 49.1 Å². The number of carbonyl (C=O) groups is 1. The molecule has 4 rings (SSSR count). The number of anilines is 2. The van der Waals surface area contributed by atoms with Gasteiger partial charge in [-0.3, -0.25) is 9.52 Å². The van der Waals surface area contributed by atoms with Gasteiger partial charge in [-0.2, -0.15) is 0 Å². The highest BCUT2D eigenvalue weighted by molar-refractivity contribution is 7.92. The summed E-state index contributed by atoms with van der Waals surface area (Å²) in [6.07, 6.45) is 3.39. The summed E-state index contributed by atoms with van der Waals surface area (Å²) in [5.41, 5.74) is 0.779. The summed E-state index contributed by atoms with van der Waals surface area (Å²) in [6, 6.07) is 14.4. The Labute approximate surface area is 186 Å². The molecule has 10 heteroatoms. The first kappa shape index (κ1) is 21.6. The molecule has 0 radical (unpaired) electrons. The molecule has 0 spiro atoms. The Morgan fingerprint density at radius 3 is 2.25 bits per heavy atom. The van der Waals surface area contributed by atoms with Gasteiger partial charge in [0.1, 0.15) is 5.75 Å². The minimum absolute atomic E-state index is 0.0611. The number of amides is 1. The Hall–Kier alpha value is -3.66. The standard InChI is InChI=1S/C22H23N5O4S/c1-31-20-6-3-2-5-19(20)25-32(29,30)18-9-7-17(8-10-18)21(28)26-13-15-27(16-14-26)22-23-11-4-12-24-22/h2-12,25H,13-16H2,1H3. The Balaban J connectivity index is 1.41. The molecule has 2 aromatic carbocycles. The maximum Gasteiger partial charge on any atom is 0.262 e. The van der Waals surface area contributed by atoms with E-state index in [1.807, 2.05) is 4.90 Å². The van der Waals surface area contributed by atoms with Crippen LogP contribution in [0.5, 0.6) is 5.75 Å².